The van der Waals surface area contributed by atoms with Gasteiger partial charge in [-0.2, -0.15) is 0 Å². The number of carboxylic acids is 1. The number of aliphatic carboxylic acids is 1. The van der Waals surface area contributed by atoms with Gasteiger partial charge in [-0.3, -0.25) is 14.4 Å². The highest BCUT2D eigenvalue weighted by Gasteiger charge is 2.33. The molecule has 0 aliphatic carbocycles. The van der Waals surface area contributed by atoms with Gasteiger partial charge in [-0.1, -0.05) is 0 Å². The average Bonchev–Trinajstić information content (AvgIpc) is 3.05. The Kier molecular flexibility index (Phi) is 5.69. The minimum atomic E-state index is -1.04. The third-order valence-corrected chi connectivity index (χ3v) is 4.07. The standard InChI is InChI=1S/C18H20N2O5/c1-11(10-16(22)20-9-3-4-15(20)18(24)25)17(23)19-14-7-5-13(6-8-14)12(2)21/h5-8,10,15H,3-4,9H2,1-2H3,(H,19,23)(H,24,25)/b11-10-. The zero-order chi connectivity index (χ0) is 18.6. The second kappa shape index (κ2) is 7.74. The fourth-order valence-electron chi connectivity index (χ4n) is 2.64. The highest BCUT2D eigenvalue weighted by atomic mass is 16.4. The predicted octanol–water partition coefficient (Wildman–Crippen LogP) is 1.85. The minimum absolute atomic E-state index is 0.0712. The highest BCUT2D eigenvalue weighted by Crippen LogP contribution is 2.18. The molecule has 0 aromatic heterocycles. The van der Waals surface area contributed by atoms with Gasteiger partial charge in [-0.15, -0.1) is 0 Å². The number of ketones is 1. The van der Waals surface area contributed by atoms with E-state index in [1.807, 2.05) is 0 Å². The maximum atomic E-state index is 12.2. The summed E-state index contributed by atoms with van der Waals surface area (Å²) in [7, 11) is 0. The number of nitrogens with zero attached hydrogens (tertiary/aromatic N) is 1. The fraction of sp³-hybridized carbons (Fsp3) is 0.333. The van der Waals surface area contributed by atoms with Gasteiger partial charge in [0.25, 0.3) is 5.91 Å². The molecule has 1 aromatic rings. The van der Waals surface area contributed by atoms with E-state index >= 15 is 0 Å². The largest absolute Gasteiger partial charge is 0.480 e. The summed E-state index contributed by atoms with van der Waals surface area (Å²) in [6.45, 7) is 3.31. The summed E-state index contributed by atoms with van der Waals surface area (Å²) in [5, 5.41) is 11.7. The van der Waals surface area contributed by atoms with E-state index in [1.165, 1.54) is 18.7 Å². The van der Waals surface area contributed by atoms with Crippen molar-refractivity contribution in [3.05, 3.63) is 41.5 Å². The molecule has 0 spiro atoms. The van der Waals surface area contributed by atoms with Crippen molar-refractivity contribution in [3.63, 3.8) is 0 Å². The topological polar surface area (TPSA) is 104 Å². The first-order valence-corrected chi connectivity index (χ1v) is 7.93. The summed E-state index contributed by atoms with van der Waals surface area (Å²) in [5.41, 5.74) is 1.21. The zero-order valence-electron chi connectivity index (χ0n) is 14.1. The molecule has 1 aliphatic heterocycles. The van der Waals surface area contributed by atoms with Crippen LogP contribution in [0.4, 0.5) is 5.69 Å². The Morgan fingerprint density at radius 1 is 1.16 bits per heavy atom. The van der Waals surface area contributed by atoms with E-state index in [-0.39, 0.29) is 11.4 Å². The Hall–Kier alpha value is -2.96. The van der Waals surface area contributed by atoms with Gasteiger partial charge in [-0.25, -0.2) is 4.79 Å². The number of benzene rings is 1. The Morgan fingerprint density at radius 2 is 1.80 bits per heavy atom. The van der Waals surface area contributed by atoms with Crippen molar-refractivity contribution >= 4 is 29.3 Å². The van der Waals surface area contributed by atoms with Crippen molar-refractivity contribution in [1.82, 2.24) is 4.90 Å². The number of anilines is 1. The third kappa shape index (κ3) is 4.53. The molecule has 0 radical (unpaired) electrons. The molecule has 1 aromatic carbocycles. The number of amides is 2. The molecule has 1 heterocycles. The number of carbonyl (C=O) groups is 4. The molecule has 2 amide bonds. The van der Waals surface area contributed by atoms with E-state index < -0.39 is 23.8 Å². The monoisotopic (exact) mass is 344 g/mol. The second-order valence-corrected chi connectivity index (χ2v) is 5.94. The first-order valence-electron chi connectivity index (χ1n) is 7.93. The molecule has 1 fully saturated rings. The van der Waals surface area contributed by atoms with Crippen LogP contribution in [-0.4, -0.2) is 46.2 Å². The lowest BCUT2D eigenvalue weighted by molar-refractivity contribution is -0.146. The molecule has 1 atom stereocenters. The lowest BCUT2D eigenvalue weighted by Crippen LogP contribution is -2.39. The SMILES string of the molecule is CC(=O)c1ccc(NC(=O)/C(C)=C\C(=O)N2CCCC2C(=O)O)cc1. The summed E-state index contributed by atoms with van der Waals surface area (Å²) >= 11 is 0. The summed E-state index contributed by atoms with van der Waals surface area (Å²) in [6.07, 6.45) is 2.20. The van der Waals surface area contributed by atoms with Gasteiger partial charge in [0.1, 0.15) is 6.04 Å². The first kappa shape index (κ1) is 18.4. The van der Waals surface area contributed by atoms with E-state index in [4.69, 9.17) is 5.11 Å². The van der Waals surface area contributed by atoms with E-state index in [1.54, 1.807) is 24.3 Å². The van der Waals surface area contributed by atoms with Gasteiger partial charge in [0.15, 0.2) is 5.78 Å². The van der Waals surface area contributed by atoms with Crippen molar-refractivity contribution in [3.8, 4) is 0 Å². The van der Waals surface area contributed by atoms with E-state index in [0.29, 0.717) is 30.6 Å². The lowest BCUT2D eigenvalue weighted by Gasteiger charge is -2.19. The summed E-state index contributed by atoms with van der Waals surface area (Å²) in [5.74, 6) is -2.05. The number of carbonyl (C=O) groups excluding carboxylic acids is 3. The lowest BCUT2D eigenvalue weighted by atomic mass is 10.1. The average molecular weight is 344 g/mol. The number of likely N-dealkylation sites (tertiary alicyclic amines) is 1. The smallest absolute Gasteiger partial charge is 0.326 e. The predicted molar refractivity (Wildman–Crippen MR) is 91.2 cm³/mol. The van der Waals surface area contributed by atoms with Gasteiger partial charge < -0.3 is 15.3 Å². The van der Waals surface area contributed by atoms with Gasteiger partial charge in [-0.05, 0) is 51.0 Å². The van der Waals surface area contributed by atoms with Crippen LogP contribution >= 0.6 is 0 Å². The molecule has 0 saturated carbocycles. The second-order valence-electron chi connectivity index (χ2n) is 5.94. The van der Waals surface area contributed by atoms with Crippen molar-refractivity contribution < 1.29 is 24.3 Å². The van der Waals surface area contributed by atoms with E-state index in [9.17, 15) is 19.2 Å². The van der Waals surface area contributed by atoms with Gasteiger partial charge >= 0.3 is 5.97 Å². The number of Topliss-reactive ketones (excluding diaryl/α,β-unsaturated/α-hetero) is 1. The van der Waals surface area contributed by atoms with Crippen LogP contribution in [0.25, 0.3) is 0 Å². The minimum Gasteiger partial charge on any atom is -0.480 e. The Bertz CT molecular complexity index is 736. The Balaban J connectivity index is 2.03. The van der Waals surface area contributed by atoms with Crippen molar-refractivity contribution in [2.45, 2.75) is 32.7 Å². The first-order chi connectivity index (χ1) is 11.8. The van der Waals surface area contributed by atoms with Crippen LogP contribution in [-0.2, 0) is 14.4 Å². The number of carboxylic acid groups (broad SMARTS) is 1. The molecule has 25 heavy (non-hydrogen) atoms. The normalized spacial score (nSPS) is 17.3. The maximum absolute atomic E-state index is 12.2. The van der Waals surface area contributed by atoms with Gasteiger partial charge in [0.05, 0.1) is 0 Å². The van der Waals surface area contributed by atoms with Crippen LogP contribution in [0, 0.1) is 0 Å². The molecule has 1 saturated heterocycles. The van der Waals surface area contributed by atoms with Crippen molar-refractivity contribution in [2.75, 3.05) is 11.9 Å². The quantitative estimate of drug-likeness (QED) is 0.627. The molecule has 1 unspecified atom stereocenters. The summed E-state index contributed by atoms with van der Waals surface area (Å²) in [6, 6.07) is 5.57. The van der Waals surface area contributed by atoms with Gasteiger partial charge in [0.2, 0.25) is 5.91 Å². The molecule has 1 aliphatic rings. The summed E-state index contributed by atoms with van der Waals surface area (Å²) < 4.78 is 0. The molecule has 2 N–H and O–H groups in total. The van der Waals surface area contributed by atoms with Gasteiger partial charge in [0, 0.05) is 29.4 Å². The van der Waals surface area contributed by atoms with E-state index in [0.717, 1.165) is 6.08 Å². The van der Waals surface area contributed by atoms with E-state index in [2.05, 4.69) is 5.32 Å². The van der Waals surface area contributed by atoms with Crippen LogP contribution in [0.3, 0.4) is 0 Å². The van der Waals surface area contributed by atoms with Crippen LogP contribution in [0.5, 0.6) is 0 Å². The molecule has 7 heteroatoms. The maximum Gasteiger partial charge on any atom is 0.326 e. The van der Waals surface area contributed by atoms with Crippen LogP contribution in [0.1, 0.15) is 37.0 Å². The number of nitrogens with one attached hydrogen (secondary N) is 1. The van der Waals surface area contributed by atoms with Crippen LogP contribution < -0.4 is 5.32 Å². The highest BCUT2D eigenvalue weighted by molar-refractivity contribution is 6.07. The van der Waals surface area contributed by atoms with Crippen LogP contribution in [0.15, 0.2) is 35.9 Å². The third-order valence-electron chi connectivity index (χ3n) is 4.07. The van der Waals surface area contributed by atoms with Crippen molar-refractivity contribution in [1.29, 1.82) is 0 Å². The number of hydrogen-bond acceptors (Lipinski definition) is 4. The molecule has 0 bridgehead atoms. The van der Waals surface area contributed by atoms with Crippen molar-refractivity contribution in [2.24, 2.45) is 0 Å². The Labute approximate surface area is 145 Å². The summed E-state index contributed by atoms with van der Waals surface area (Å²) in [4.78, 5) is 48.0. The number of rotatable bonds is 5. The molecule has 132 valence electrons. The fourth-order valence-corrected chi connectivity index (χ4v) is 2.64. The molecule has 2 rings (SSSR count). The number of hydrogen-bond donors (Lipinski definition) is 2. The molecular formula is C18H20N2O5. The molecular weight excluding hydrogens is 324 g/mol. The zero-order valence-corrected chi connectivity index (χ0v) is 14.1. The molecule has 7 nitrogen and oxygen atoms in total. The van der Waals surface area contributed by atoms with Crippen LogP contribution in [0.2, 0.25) is 0 Å². The Morgan fingerprint density at radius 3 is 2.36 bits per heavy atom.